The Morgan fingerprint density at radius 1 is 1.24 bits per heavy atom. The lowest BCUT2D eigenvalue weighted by molar-refractivity contribution is -0.143. The van der Waals surface area contributed by atoms with Crippen LogP contribution in [-0.2, 0) is 11.2 Å². The van der Waals surface area contributed by atoms with E-state index in [-0.39, 0.29) is 4.90 Å². The van der Waals surface area contributed by atoms with Crippen molar-refractivity contribution < 1.29 is 27.9 Å². The molecule has 1 aromatic heterocycles. The van der Waals surface area contributed by atoms with Gasteiger partial charge in [-0.25, -0.2) is 18.7 Å². The van der Waals surface area contributed by atoms with Crippen molar-refractivity contribution in [3.8, 4) is 5.75 Å². The lowest BCUT2D eigenvalue weighted by atomic mass is 9.73. The van der Waals surface area contributed by atoms with E-state index in [0.29, 0.717) is 74.3 Å². The van der Waals surface area contributed by atoms with E-state index >= 15 is 0 Å². The third kappa shape index (κ3) is 6.36. The number of aromatic nitrogens is 1. The maximum atomic E-state index is 13.9. The summed E-state index contributed by atoms with van der Waals surface area (Å²) < 4.78 is 46.1. The first-order chi connectivity index (χ1) is 18.3. The number of amides is 1. The number of thioether (sulfide) groups is 1. The maximum absolute atomic E-state index is 13.9. The molecule has 0 unspecified atom stereocenters. The van der Waals surface area contributed by atoms with Gasteiger partial charge in [-0.3, -0.25) is 15.0 Å². The number of carbonyl (C=O) groups excluding carboxylic acids is 1. The summed E-state index contributed by atoms with van der Waals surface area (Å²) in [5.41, 5.74) is 2.86. The lowest BCUT2D eigenvalue weighted by Crippen LogP contribution is -2.48. The van der Waals surface area contributed by atoms with Crippen LogP contribution in [0.4, 0.5) is 13.2 Å². The van der Waals surface area contributed by atoms with Gasteiger partial charge in [-0.1, -0.05) is 11.6 Å². The van der Waals surface area contributed by atoms with Crippen molar-refractivity contribution in [2.24, 2.45) is 5.41 Å². The number of hydrogen-bond donors (Lipinski definition) is 2. The largest absolute Gasteiger partial charge is 0.497 e. The molecular formula is C27H29ClF3N3O3S. The predicted molar refractivity (Wildman–Crippen MR) is 141 cm³/mol. The zero-order valence-electron chi connectivity index (χ0n) is 20.9. The zero-order valence-corrected chi connectivity index (χ0v) is 22.5. The molecule has 6 nitrogen and oxygen atoms in total. The van der Waals surface area contributed by atoms with Crippen LogP contribution < -0.4 is 10.2 Å². The first kappa shape index (κ1) is 28.5. The van der Waals surface area contributed by atoms with E-state index < -0.39 is 28.8 Å². The van der Waals surface area contributed by atoms with Crippen LogP contribution in [0.2, 0.25) is 5.02 Å². The smallest absolute Gasteiger partial charge is 0.249 e. The lowest BCUT2D eigenvalue weighted by Gasteiger charge is -2.40. The average Bonchev–Trinajstić information content (AvgIpc) is 2.92. The van der Waals surface area contributed by atoms with Gasteiger partial charge in [-0.2, -0.15) is 0 Å². The third-order valence-electron chi connectivity index (χ3n) is 7.24. The van der Waals surface area contributed by atoms with Crippen molar-refractivity contribution >= 4 is 40.2 Å². The van der Waals surface area contributed by atoms with Gasteiger partial charge in [0.05, 0.1) is 23.1 Å². The molecule has 0 aliphatic carbocycles. The molecule has 1 aliphatic heterocycles. The van der Waals surface area contributed by atoms with Crippen LogP contribution in [0.25, 0.3) is 10.9 Å². The molecule has 0 atom stereocenters. The highest BCUT2D eigenvalue weighted by molar-refractivity contribution is 7.99. The van der Waals surface area contributed by atoms with E-state index in [1.165, 1.54) is 0 Å². The number of aryl methyl sites for hydroxylation is 1. The standard InChI is InChI=1S/C27H29ClF3N3O3S/c1-37-18-4-5-23-20(15-18)19(21(28)16-32-23)3-2-6-27(26(35)33-36)7-9-34(10-8-27)11-12-38-24-14-17(29)13-22(30)25(24)31/h4-5,13-16,36H,2-3,6-12H2,1H3,(H,33,35). The Morgan fingerprint density at radius 2 is 2.00 bits per heavy atom. The Hall–Kier alpha value is -2.53. The third-order valence-corrected chi connectivity index (χ3v) is 8.56. The van der Waals surface area contributed by atoms with Crippen molar-refractivity contribution in [2.75, 3.05) is 32.5 Å². The number of pyridine rings is 1. The van der Waals surface area contributed by atoms with E-state index in [1.807, 2.05) is 23.7 Å². The Balaban J connectivity index is 1.36. The van der Waals surface area contributed by atoms with Crippen LogP contribution >= 0.6 is 23.4 Å². The summed E-state index contributed by atoms with van der Waals surface area (Å²) in [6, 6.07) is 7.14. The normalized spacial score (nSPS) is 15.5. The molecule has 1 fully saturated rings. The van der Waals surface area contributed by atoms with Crippen molar-refractivity contribution in [1.29, 1.82) is 0 Å². The van der Waals surface area contributed by atoms with Crippen LogP contribution in [0.3, 0.4) is 0 Å². The fourth-order valence-electron chi connectivity index (χ4n) is 5.02. The molecule has 0 saturated carbocycles. The number of halogens is 4. The number of hydrogen-bond acceptors (Lipinski definition) is 6. The molecule has 38 heavy (non-hydrogen) atoms. The van der Waals surface area contributed by atoms with E-state index in [2.05, 4.69) is 9.88 Å². The van der Waals surface area contributed by atoms with E-state index in [9.17, 15) is 23.2 Å². The molecule has 2 heterocycles. The SMILES string of the molecule is COc1ccc2ncc(Cl)c(CCCC3(C(=O)NO)CCN(CCSc4cc(F)cc(F)c4F)CC3)c2c1. The number of rotatable bonds is 10. The average molecular weight is 568 g/mol. The van der Waals surface area contributed by atoms with Crippen molar-refractivity contribution in [2.45, 2.75) is 37.0 Å². The van der Waals surface area contributed by atoms with Crippen LogP contribution in [0.1, 0.15) is 31.2 Å². The van der Waals surface area contributed by atoms with Crippen LogP contribution in [-0.4, -0.2) is 53.5 Å². The molecule has 2 aromatic carbocycles. The van der Waals surface area contributed by atoms with Crippen LogP contribution in [0.15, 0.2) is 41.4 Å². The summed E-state index contributed by atoms with van der Waals surface area (Å²) in [4.78, 5) is 19.2. The predicted octanol–water partition coefficient (Wildman–Crippen LogP) is 6.02. The molecule has 0 bridgehead atoms. The molecule has 3 aromatic rings. The Kier molecular flexibility index (Phi) is 9.40. The molecule has 11 heteroatoms. The number of nitrogens with one attached hydrogen (secondary N) is 1. The quantitative estimate of drug-likeness (QED) is 0.135. The van der Waals surface area contributed by atoms with Gasteiger partial charge < -0.3 is 9.64 Å². The van der Waals surface area contributed by atoms with Crippen molar-refractivity contribution in [3.05, 3.63) is 64.6 Å². The molecule has 204 valence electrons. The zero-order chi connectivity index (χ0) is 27.3. The van der Waals surface area contributed by atoms with Crippen LogP contribution in [0, 0.1) is 22.9 Å². The number of piperidine rings is 1. The molecule has 4 rings (SSSR count). The summed E-state index contributed by atoms with van der Waals surface area (Å²) >= 11 is 7.54. The second kappa shape index (κ2) is 12.5. The number of benzene rings is 2. The minimum atomic E-state index is -1.20. The number of ether oxygens (including phenoxy) is 1. The van der Waals surface area contributed by atoms with Gasteiger partial charge in [0.15, 0.2) is 11.6 Å². The van der Waals surface area contributed by atoms with Crippen molar-refractivity contribution in [1.82, 2.24) is 15.4 Å². The molecule has 0 spiro atoms. The minimum absolute atomic E-state index is 0.0616. The van der Waals surface area contributed by atoms with Gasteiger partial charge in [0.1, 0.15) is 11.6 Å². The first-order valence-electron chi connectivity index (χ1n) is 12.3. The summed E-state index contributed by atoms with van der Waals surface area (Å²) in [6.45, 7) is 1.77. The Morgan fingerprint density at radius 3 is 2.71 bits per heavy atom. The molecule has 1 saturated heterocycles. The summed E-state index contributed by atoms with van der Waals surface area (Å²) in [5, 5.41) is 10.9. The second-order valence-electron chi connectivity index (χ2n) is 9.43. The fraction of sp³-hybridized carbons (Fsp3) is 0.407. The molecular weight excluding hydrogens is 539 g/mol. The topological polar surface area (TPSA) is 74.7 Å². The van der Waals surface area contributed by atoms with Gasteiger partial charge >= 0.3 is 0 Å². The molecule has 1 amide bonds. The van der Waals surface area contributed by atoms with Gasteiger partial charge in [0.25, 0.3) is 0 Å². The number of methoxy groups -OCH3 is 1. The van der Waals surface area contributed by atoms with Gasteiger partial charge in [-0.15, -0.1) is 11.8 Å². The number of fused-ring (bicyclic) bond motifs is 1. The summed E-state index contributed by atoms with van der Waals surface area (Å²) in [5.74, 6) is -2.33. The number of carbonyl (C=O) groups is 1. The fourth-order valence-corrected chi connectivity index (χ4v) is 6.26. The molecule has 1 aliphatic rings. The number of nitrogens with zero attached hydrogens (tertiary/aromatic N) is 2. The van der Waals surface area contributed by atoms with Gasteiger partial charge in [0.2, 0.25) is 5.91 Å². The van der Waals surface area contributed by atoms with Crippen LogP contribution in [0.5, 0.6) is 5.75 Å². The second-order valence-corrected chi connectivity index (χ2v) is 11.0. The van der Waals surface area contributed by atoms with Crippen molar-refractivity contribution in [3.63, 3.8) is 0 Å². The highest BCUT2D eigenvalue weighted by Crippen LogP contribution is 2.38. The van der Waals surface area contributed by atoms with E-state index in [1.54, 1.807) is 13.3 Å². The van der Waals surface area contributed by atoms with E-state index in [4.69, 9.17) is 16.3 Å². The van der Waals surface area contributed by atoms with Gasteiger partial charge in [0, 0.05) is 34.8 Å². The maximum Gasteiger partial charge on any atom is 0.249 e. The van der Waals surface area contributed by atoms with E-state index in [0.717, 1.165) is 34.3 Å². The first-order valence-corrected chi connectivity index (χ1v) is 13.7. The Bertz CT molecular complexity index is 1310. The molecule has 0 radical (unpaired) electrons. The highest BCUT2D eigenvalue weighted by atomic mass is 35.5. The Labute approximate surface area is 228 Å². The summed E-state index contributed by atoms with van der Waals surface area (Å²) in [7, 11) is 1.60. The summed E-state index contributed by atoms with van der Waals surface area (Å²) in [6.07, 6.45) is 4.55. The highest BCUT2D eigenvalue weighted by Gasteiger charge is 2.40. The number of hydroxylamine groups is 1. The number of likely N-dealkylation sites (tertiary alicyclic amines) is 1. The monoisotopic (exact) mass is 567 g/mol. The molecule has 2 N–H and O–H groups in total. The minimum Gasteiger partial charge on any atom is -0.497 e. The van der Waals surface area contributed by atoms with Gasteiger partial charge in [-0.05, 0) is 75.0 Å².